The Kier molecular flexibility index (Phi) is 17.4. The lowest BCUT2D eigenvalue weighted by Gasteiger charge is -2.17. The van der Waals surface area contributed by atoms with Crippen molar-refractivity contribution in [1.82, 2.24) is 0 Å². The topological polar surface area (TPSA) is 130 Å². The lowest BCUT2D eigenvalue weighted by Crippen LogP contribution is -2.10. The van der Waals surface area contributed by atoms with Crippen molar-refractivity contribution in [2.24, 2.45) is 0 Å². The molecular formula is C60H60O9. The van der Waals surface area contributed by atoms with E-state index in [1.165, 1.54) is 0 Å². The molecule has 0 N–H and O–H groups in total. The van der Waals surface area contributed by atoms with Crippen molar-refractivity contribution in [1.29, 1.82) is 0 Å². The van der Waals surface area contributed by atoms with Crippen molar-refractivity contribution >= 4 is 34.7 Å². The predicted molar refractivity (Wildman–Crippen MR) is 268 cm³/mol. The molecule has 0 atom stereocenters. The monoisotopic (exact) mass is 924 g/mol. The van der Waals surface area contributed by atoms with E-state index in [9.17, 15) is 28.8 Å². The van der Waals surface area contributed by atoms with Gasteiger partial charge in [-0.1, -0.05) is 77.9 Å². The Hall–Kier alpha value is -7.26. The van der Waals surface area contributed by atoms with Crippen molar-refractivity contribution in [2.75, 3.05) is 19.8 Å². The van der Waals surface area contributed by atoms with Gasteiger partial charge in [0.25, 0.3) is 0 Å². The maximum atomic E-state index is 12.4. The van der Waals surface area contributed by atoms with Crippen molar-refractivity contribution in [3.8, 4) is 17.2 Å². The quantitative estimate of drug-likeness (QED) is 0.0924. The Morgan fingerprint density at radius 2 is 0.739 bits per heavy atom. The Labute approximate surface area is 405 Å². The molecule has 6 aromatic carbocycles. The number of carbonyl (C=O) groups is 6. The van der Waals surface area contributed by atoms with Crippen LogP contribution in [0.3, 0.4) is 0 Å². The Morgan fingerprint density at radius 3 is 1.16 bits per heavy atom. The molecule has 0 bridgehead atoms. The summed E-state index contributed by atoms with van der Waals surface area (Å²) in [5.41, 5.74) is 10.5. The first-order chi connectivity index (χ1) is 33.4. The van der Waals surface area contributed by atoms with E-state index in [0.717, 1.165) is 109 Å². The van der Waals surface area contributed by atoms with E-state index in [1.807, 2.05) is 124 Å². The molecule has 0 saturated carbocycles. The summed E-state index contributed by atoms with van der Waals surface area (Å²) in [7, 11) is 0. The minimum Gasteiger partial charge on any atom is -0.493 e. The van der Waals surface area contributed by atoms with Gasteiger partial charge in [0.05, 0.1) is 19.8 Å². The first kappa shape index (κ1) is 49.6. The number of carbonyl (C=O) groups excluding carboxylic acids is 6. The molecule has 0 amide bonds. The molecule has 0 unspecified atom stereocenters. The number of aryl methyl sites for hydroxylation is 6. The highest BCUT2D eigenvalue weighted by Gasteiger charge is 2.19. The number of hydrogen-bond donors (Lipinski definition) is 0. The molecule has 0 aliphatic carbocycles. The molecule has 0 saturated heterocycles. The zero-order chi connectivity index (χ0) is 48.7. The van der Waals surface area contributed by atoms with Gasteiger partial charge in [-0.05, 0) is 142 Å². The normalized spacial score (nSPS) is 13.1. The summed E-state index contributed by atoms with van der Waals surface area (Å²) in [4.78, 5) is 73.6. The molecule has 69 heavy (non-hydrogen) atoms. The van der Waals surface area contributed by atoms with Crippen molar-refractivity contribution in [2.45, 2.75) is 97.8 Å². The van der Waals surface area contributed by atoms with E-state index >= 15 is 0 Å². The van der Waals surface area contributed by atoms with Crippen LogP contribution in [0.4, 0.5) is 0 Å². The Balaban J connectivity index is 0.000000153. The average molecular weight is 925 g/mol. The number of hydrogen-bond acceptors (Lipinski definition) is 9. The van der Waals surface area contributed by atoms with Crippen LogP contribution in [0.5, 0.6) is 17.2 Å². The molecule has 9 rings (SSSR count). The summed E-state index contributed by atoms with van der Waals surface area (Å²) in [5, 5.41) is 0. The lowest BCUT2D eigenvalue weighted by molar-refractivity contribution is 0.0917. The van der Waals surface area contributed by atoms with Crippen molar-refractivity contribution in [3.05, 3.63) is 194 Å². The fourth-order valence-electron chi connectivity index (χ4n) is 8.58. The van der Waals surface area contributed by atoms with Crippen LogP contribution in [0.2, 0.25) is 0 Å². The number of benzene rings is 6. The molecule has 3 heterocycles. The highest BCUT2D eigenvalue weighted by atomic mass is 16.5. The van der Waals surface area contributed by atoms with Crippen LogP contribution < -0.4 is 14.2 Å². The van der Waals surface area contributed by atoms with E-state index in [1.54, 1.807) is 24.3 Å². The Bertz CT molecular complexity index is 2840. The lowest BCUT2D eigenvalue weighted by atomic mass is 9.97. The molecule has 9 nitrogen and oxygen atoms in total. The molecule has 9 heteroatoms. The van der Waals surface area contributed by atoms with Gasteiger partial charge in [0.2, 0.25) is 0 Å². The van der Waals surface area contributed by atoms with Gasteiger partial charge in [-0.25, -0.2) is 0 Å². The van der Waals surface area contributed by atoms with Crippen LogP contribution in [0.15, 0.2) is 127 Å². The zero-order valence-electron chi connectivity index (χ0n) is 39.9. The maximum Gasteiger partial charge on any atom is 0.163 e. The molecule has 3 aliphatic rings. The molecular weight excluding hydrogens is 865 g/mol. The van der Waals surface area contributed by atoms with Gasteiger partial charge in [-0.15, -0.1) is 0 Å². The van der Waals surface area contributed by atoms with Crippen molar-refractivity contribution in [3.63, 3.8) is 0 Å². The second kappa shape index (κ2) is 24.2. The average Bonchev–Trinajstić information content (AvgIpc) is 3.38. The molecule has 0 spiro atoms. The third-order valence-corrected chi connectivity index (χ3v) is 12.6. The molecule has 354 valence electrons. The highest BCUT2D eigenvalue weighted by molar-refractivity contribution is 6.04. The summed E-state index contributed by atoms with van der Waals surface area (Å²) >= 11 is 0. The molecule has 0 fully saturated rings. The summed E-state index contributed by atoms with van der Waals surface area (Å²) in [5.74, 6) is 2.73. The van der Waals surface area contributed by atoms with Crippen LogP contribution in [-0.4, -0.2) is 54.5 Å². The minimum absolute atomic E-state index is 0.0128. The summed E-state index contributed by atoms with van der Waals surface area (Å²) in [6.07, 6.45) is 7.24. The zero-order valence-corrected chi connectivity index (χ0v) is 39.9. The first-order valence-electron chi connectivity index (χ1n) is 24.1. The van der Waals surface area contributed by atoms with Crippen LogP contribution in [0.1, 0.15) is 153 Å². The van der Waals surface area contributed by atoms with E-state index in [-0.39, 0.29) is 73.2 Å². The van der Waals surface area contributed by atoms with Crippen LogP contribution in [0.25, 0.3) is 0 Å². The minimum atomic E-state index is 0.0128. The van der Waals surface area contributed by atoms with E-state index in [0.29, 0.717) is 33.4 Å². The van der Waals surface area contributed by atoms with Crippen molar-refractivity contribution < 1.29 is 43.0 Å². The van der Waals surface area contributed by atoms with Gasteiger partial charge in [-0.3, -0.25) is 28.8 Å². The van der Waals surface area contributed by atoms with Gasteiger partial charge in [0.1, 0.15) is 17.2 Å². The molecule has 0 radical (unpaired) electrons. The smallest absolute Gasteiger partial charge is 0.163 e. The van der Waals surface area contributed by atoms with Gasteiger partial charge in [-0.2, -0.15) is 0 Å². The largest absolute Gasteiger partial charge is 0.493 e. The fraction of sp³-hybridized carbons (Fsp3) is 0.300. The fourth-order valence-corrected chi connectivity index (χ4v) is 8.58. The van der Waals surface area contributed by atoms with E-state index in [4.69, 9.17) is 14.2 Å². The predicted octanol–water partition coefficient (Wildman–Crippen LogP) is 12.5. The number of ketones is 6. The maximum absolute atomic E-state index is 12.4. The van der Waals surface area contributed by atoms with Gasteiger partial charge >= 0.3 is 0 Å². The molecule has 3 aliphatic heterocycles. The standard InChI is InChI=1S/3C20H20O3/c1-14-4-2-5-15(12-14)18(21)8-9-19(22)16-7-10-20-17(13-16)6-3-11-23-20;1-14-4-6-15(7-5-14)18(21)9-10-19(22)16-8-11-20-17(13-16)3-2-12-23-20;1-14-5-2-3-7-17(14)19(22)10-9-18(21)15-8-11-20-16(13-15)6-4-12-23-20/h2,4-5,7,10,12-13H,3,6,8-9,11H2,1H3;4-8,11,13H,2-3,9-10,12H2,1H3;2-3,5,7-8,11,13H,4,6,9-10,12H2,1H3. The van der Waals surface area contributed by atoms with Crippen LogP contribution in [-0.2, 0) is 19.3 Å². The van der Waals surface area contributed by atoms with E-state index < -0.39 is 0 Å². The number of rotatable bonds is 15. The summed E-state index contributed by atoms with van der Waals surface area (Å²) < 4.78 is 16.7. The van der Waals surface area contributed by atoms with Gasteiger partial charge in [0.15, 0.2) is 34.7 Å². The van der Waals surface area contributed by atoms with Crippen LogP contribution in [0, 0.1) is 20.8 Å². The van der Waals surface area contributed by atoms with Crippen LogP contribution >= 0.6 is 0 Å². The number of fused-ring (bicyclic) bond motifs is 3. The molecule has 6 aromatic rings. The van der Waals surface area contributed by atoms with Gasteiger partial charge in [0, 0.05) is 71.9 Å². The SMILES string of the molecule is Cc1ccc(C(=O)CCC(=O)c2ccc3c(c2)CCCO3)cc1.Cc1cccc(C(=O)CCC(=O)c2ccc3c(c2)CCCO3)c1.Cc1ccccc1C(=O)CCC(=O)c1ccc2c(c1)CCCO2. The second-order valence-corrected chi connectivity index (χ2v) is 17.9. The third kappa shape index (κ3) is 13.9. The summed E-state index contributed by atoms with van der Waals surface area (Å²) in [6.45, 7) is 8.08. The Morgan fingerprint density at radius 1 is 0.362 bits per heavy atom. The van der Waals surface area contributed by atoms with E-state index in [2.05, 4.69) is 0 Å². The molecule has 0 aromatic heterocycles. The van der Waals surface area contributed by atoms with Gasteiger partial charge < -0.3 is 14.2 Å². The number of Topliss-reactive ketones (excluding diaryl/α,β-unsaturated/α-hetero) is 6. The second-order valence-electron chi connectivity index (χ2n) is 17.9. The first-order valence-corrected chi connectivity index (χ1v) is 24.1. The summed E-state index contributed by atoms with van der Waals surface area (Å²) in [6, 6.07) is 39.2. The number of ether oxygens (including phenoxy) is 3. The highest BCUT2D eigenvalue weighted by Crippen LogP contribution is 2.29. The third-order valence-electron chi connectivity index (χ3n) is 12.6.